The molecule has 1 saturated heterocycles. The second kappa shape index (κ2) is 8.85. The molecule has 25 heavy (non-hydrogen) atoms. The molecule has 2 rings (SSSR count). The lowest BCUT2D eigenvalue weighted by atomic mass is 9.80. The van der Waals surface area contributed by atoms with Crippen LogP contribution in [0.3, 0.4) is 0 Å². The van der Waals surface area contributed by atoms with Gasteiger partial charge >= 0.3 is 5.97 Å². The minimum atomic E-state index is -0.899. The summed E-state index contributed by atoms with van der Waals surface area (Å²) in [6.45, 7) is 5.53. The molecule has 0 unspecified atom stereocenters. The van der Waals surface area contributed by atoms with E-state index in [1.54, 1.807) is 0 Å². The van der Waals surface area contributed by atoms with Gasteiger partial charge in [-0.3, -0.25) is 9.59 Å². The van der Waals surface area contributed by atoms with Gasteiger partial charge in [0.15, 0.2) is 0 Å². The van der Waals surface area contributed by atoms with Crippen molar-refractivity contribution < 1.29 is 24.2 Å². The van der Waals surface area contributed by atoms with Gasteiger partial charge in [-0.25, -0.2) is 0 Å². The predicted octanol–water partition coefficient (Wildman–Crippen LogP) is 2.46. The number of benzene rings is 1. The third-order valence-corrected chi connectivity index (χ3v) is 4.82. The zero-order valence-electron chi connectivity index (χ0n) is 15.0. The molecule has 0 atom stereocenters. The number of rotatable bonds is 8. The SMILES string of the molecule is Cc1ccc(OCCCC(=O)NCC2(C(=O)O)CCOCC2)cc1C. The van der Waals surface area contributed by atoms with Crippen molar-refractivity contribution in [2.24, 2.45) is 5.41 Å². The molecule has 1 aromatic carbocycles. The molecule has 1 heterocycles. The monoisotopic (exact) mass is 349 g/mol. The molecule has 1 aromatic rings. The van der Waals surface area contributed by atoms with Crippen molar-refractivity contribution in [1.82, 2.24) is 5.32 Å². The van der Waals surface area contributed by atoms with Gasteiger partial charge in [-0.15, -0.1) is 0 Å². The van der Waals surface area contributed by atoms with Gasteiger partial charge in [0.1, 0.15) is 5.75 Å². The molecule has 6 nitrogen and oxygen atoms in total. The third-order valence-electron chi connectivity index (χ3n) is 4.82. The van der Waals surface area contributed by atoms with E-state index in [-0.39, 0.29) is 12.5 Å². The highest BCUT2D eigenvalue weighted by Crippen LogP contribution is 2.30. The van der Waals surface area contributed by atoms with Crippen LogP contribution in [0.25, 0.3) is 0 Å². The zero-order valence-corrected chi connectivity index (χ0v) is 15.0. The normalized spacial score (nSPS) is 16.2. The van der Waals surface area contributed by atoms with E-state index in [2.05, 4.69) is 5.32 Å². The van der Waals surface area contributed by atoms with Gasteiger partial charge in [0.25, 0.3) is 0 Å². The van der Waals surface area contributed by atoms with Gasteiger partial charge in [0.2, 0.25) is 5.91 Å². The number of ether oxygens (including phenoxy) is 2. The number of hydrogen-bond acceptors (Lipinski definition) is 4. The Kier molecular flexibility index (Phi) is 6.82. The van der Waals surface area contributed by atoms with E-state index >= 15 is 0 Å². The summed E-state index contributed by atoms with van der Waals surface area (Å²) in [5.41, 5.74) is 1.49. The smallest absolute Gasteiger partial charge is 0.311 e. The maximum Gasteiger partial charge on any atom is 0.311 e. The first-order chi connectivity index (χ1) is 11.9. The number of hydrogen-bond donors (Lipinski definition) is 2. The number of carboxylic acids is 1. The summed E-state index contributed by atoms with van der Waals surface area (Å²) in [6, 6.07) is 5.91. The largest absolute Gasteiger partial charge is 0.494 e. The molecule has 6 heteroatoms. The topological polar surface area (TPSA) is 84.9 Å². The Balaban J connectivity index is 1.69. The lowest BCUT2D eigenvalue weighted by Gasteiger charge is -2.33. The minimum absolute atomic E-state index is 0.143. The fourth-order valence-electron chi connectivity index (χ4n) is 2.81. The second-order valence-corrected chi connectivity index (χ2v) is 6.67. The number of nitrogens with one attached hydrogen (secondary N) is 1. The summed E-state index contributed by atoms with van der Waals surface area (Å²) in [5.74, 6) is -0.208. The molecule has 0 spiro atoms. The molecule has 0 saturated carbocycles. The van der Waals surface area contributed by atoms with Gasteiger partial charge in [-0.1, -0.05) is 6.07 Å². The number of carbonyl (C=O) groups is 2. The molecule has 0 aliphatic carbocycles. The van der Waals surface area contributed by atoms with Crippen molar-refractivity contribution in [3.05, 3.63) is 29.3 Å². The van der Waals surface area contributed by atoms with Crippen LogP contribution >= 0.6 is 0 Å². The number of carboxylic acid groups (broad SMARTS) is 1. The Hall–Kier alpha value is -2.08. The molecule has 2 N–H and O–H groups in total. The van der Waals surface area contributed by atoms with E-state index in [0.717, 1.165) is 5.75 Å². The first-order valence-corrected chi connectivity index (χ1v) is 8.71. The van der Waals surface area contributed by atoms with Crippen molar-refractivity contribution >= 4 is 11.9 Å². The number of aryl methyl sites for hydroxylation is 2. The van der Waals surface area contributed by atoms with Crippen molar-refractivity contribution in [3.8, 4) is 5.75 Å². The first kappa shape index (κ1) is 19.2. The van der Waals surface area contributed by atoms with Crippen LogP contribution in [0, 0.1) is 19.3 Å². The van der Waals surface area contributed by atoms with Crippen molar-refractivity contribution in [2.45, 2.75) is 39.5 Å². The fraction of sp³-hybridized carbons (Fsp3) is 0.579. The minimum Gasteiger partial charge on any atom is -0.494 e. The molecular weight excluding hydrogens is 322 g/mol. The van der Waals surface area contributed by atoms with Crippen LogP contribution in [0.5, 0.6) is 5.75 Å². The van der Waals surface area contributed by atoms with E-state index in [9.17, 15) is 14.7 Å². The van der Waals surface area contributed by atoms with Crippen molar-refractivity contribution in [1.29, 1.82) is 0 Å². The summed E-state index contributed by atoms with van der Waals surface area (Å²) in [6.07, 6.45) is 1.76. The Morgan fingerprint density at radius 3 is 2.60 bits per heavy atom. The fourth-order valence-corrected chi connectivity index (χ4v) is 2.81. The maximum atomic E-state index is 12.0. The third kappa shape index (κ3) is 5.46. The van der Waals surface area contributed by atoms with Crippen molar-refractivity contribution in [3.63, 3.8) is 0 Å². The average Bonchev–Trinajstić information content (AvgIpc) is 2.60. The summed E-state index contributed by atoms with van der Waals surface area (Å²) < 4.78 is 10.9. The number of aliphatic carboxylic acids is 1. The van der Waals surface area contributed by atoms with Crippen LogP contribution in [0.15, 0.2) is 18.2 Å². The van der Waals surface area contributed by atoms with E-state index in [1.165, 1.54) is 11.1 Å². The quantitative estimate of drug-likeness (QED) is 0.704. The second-order valence-electron chi connectivity index (χ2n) is 6.67. The number of amides is 1. The van der Waals surface area contributed by atoms with E-state index in [0.29, 0.717) is 45.5 Å². The van der Waals surface area contributed by atoms with E-state index in [4.69, 9.17) is 9.47 Å². The van der Waals surface area contributed by atoms with Crippen LogP contribution in [-0.4, -0.2) is 43.3 Å². The molecule has 1 aliphatic rings. The van der Waals surface area contributed by atoms with Gasteiger partial charge in [0, 0.05) is 26.2 Å². The number of carbonyl (C=O) groups excluding carboxylic acids is 1. The predicted molar refractivity (Wildman–Crippen MR) is 93.8 cm³/mol. The summed E-state index contributed by atoms with van der Waals surface area (Å²) in [7, 11) is 0. The van der Waals surface area contributed by atoms with Crippen LogP contribution < -0.4 is 10.1 Å². The van der Waals surface area contributed by atoms with E-state index < -0.39 is 11.4 Å². The Morgan fingerprint density at radius 2 is 1.96 bits per heavy atom. The Bertz CT molecular complexity index is 608. The van der Waals surface area contributed by atoms with Crippen LogP contribution in [0.1, 0.15) is 36.8 Å². The Labute approximate surface area is 148 Å². The lowest BCUT2D eigenvalue weighted by molar-refractivity contribution is -0.154. The molecule has 0 aromatic heterocycles. The average molecular weight is 349 g/mol. The molecular formula is C19H27NO5. The standard InChI is InChI=1S/C19H27NO5/c1-14-5-6-16(12-15(14)2)25-9-3-4-17(21)20-13-19(18(22)23)7-10-24-11-8-19/h5-6,12H,3-4,7-11,13H2,1-2H3,(H,20,21)(H,22,23). The lowest BCUT2D eigenvalue weighted by Crippen LogP contribution is -2.46. The van der Waals surface area contributed by atoms with Gasteiger partial charge in [-0.05, 0) is 56.4 Å². The highest BCUT2D eigenvalue weighted by Gasteiger charge is 2.40. The van der Waals surface area contributed by atoms with Crippen molar-refractivity contribution in [2.75, 3.05) is 26.4 Å². The van der Waals surface area contributed by atoms with Crippen LogP contribution in [-0.2, 0) is 14.3 Å². The van der Waals surface area contributed by atoms with Crippen LogP contribution in [0.2, 0.25) is 0 Å². The summed E-state index contributed by atoms with van der Waals surface area (Å²) in [5, 5.41) is 12.2. The van der Waals surface area contributed by atoms with Gasteiger partial charge < -0.3 is 19.9 Å². The zero-order chi connectivity index (χ0) is 18.3. The van der Waals surface area contributed by atoms with E-state index in [1.807, 2.05) is 32.0 Å². The first-order valence-electron chi connectivity index (χ1n) is 8.71. The highest BCUT2D eigenvalue weighted by atomic mass is 16.5. The summed E-state index contributed by atoms with van der Waals surface area (Å²) in [4.78, 5) is 23.5. The molecule has 1 amide bonds. The molecule has 0 radical (unpaired) electrons. The van der Waals surface area contributed by atoms with Crippen LogP contribution in [0.4, 0.5) is 0 Å². The maximum absolute atomic E-state index is 12.0. The molecule has 1 aliphatic heterocycles. The van der Waals surface area contributed by atoms with Gasteiger partial charge in [-0.2, -0.15) is 0 Å². The molecule has 138 valence electrons. The summed E-state index contributed by atoms with van der Waals surface area (Å²) >= 11 is 0. The Morgan fingerprint density at radius 1 is 1.24 bits per heavy atom. The highest BCUT2D eigenvalue weighted by molar-refractivity contribution is 5.79. The molecule has 0 bridgehead atoms. The van der Waals surface area contributed by atoms with Gasteiger partial charge in [0.05, 0.1) is 12.0 Å². The molecule has 1 fully saturated rings.